The molecule has 1 aliphatic rings. The molecule has 58 valence electrons. The summed E-state index contributed by atoms with van der Waals surface area (Å²) < 4.78 is 2.40. The van der Waals surface area contributed by atoms with E-state index in [1.165, 1.54) is 13.0 Å². The quantitative estimate of drug-likeness (QED) is 0.465. The van der Waals surface area contributed by atoms with Gasteiger partial charge in [0.2, 0.25) is 6.04 Å². The summed E-state index contributed by atoms with van der Waals surface area (Å²) in [7, 11) is 4.44. The second-order valence-electron chi connectivity index (χ2n) is 3.24. The van der Waals surface area contributed by atoms with Crippen LogP contribution in [-0.4, -0.2) is 37.1 Å². The summed E-state index contributed by atoms with van der Waals surface area (Å²) in [6.45, 7) is 5.78. The Hall–Kier alpha value is -0.370. The third-order valence-corrected chi connectivity index (χ3v) is 2.52. The van der Waals surface area contributed by atoms with E-state index >= 15 is 0 Å². The fraction of sp³-hybridized carbons (Fsp3) is 0.875. The lowest BCUT2D eigenvalue weighted by Crippen LogP contribution is -3.10. The van der Waals surface area contributed by atoms with Gasteiger partial charge in [-0.05, 0) is 6.92 Å². The van der Waals surface area contributed by atoms with Crippen molar-refractivity contribution >= 4 is 5.84 Å². The van der Waals surface area contributed by atoms with E-state index in [9.17, 15) is 0 Å². The zero-order valence-corrected chi connectivity index (χ0v) is 7.44. The van der Waals surface area contributed by atoms with Gasteiger partial charge in [-0.2, -0.15) is 4.58 Å². The monoisotopic (exact) mass is 142 g/mol. The van der Waals surface area contributed by atoms with E-state index in [-0.39, 0.29) is 0 Å². The molecule has 1 N–H and O–H groups in total. The van der Waals surface area contributed by atoms with Crippen LogP contribution < -0.4 is 4.90 Å². The summed E-state index contributed by atoms with van der Waals surface area (Å²) in [4.78, 5) is 1.58. The second-order valence-corrected chi connectivity index (χ2v) is 3.24. The van der Waals surface area contributed by atoms with Gasteiger partial charge in [0.1, 0.15) is 13.6 Å². The number of quaternary nitrogens is 1. The van der Waals surface area contributed by atoms with Crippen molar-refractivity contribution in [2.45, 2.75) is 26.3 Å². The van der Waals surface area contributed by atoms with Crippen LogP contribution in [0.15, 0.2) is 0 Å². The maximum Gasteiger partial charge on any atom is 0.336 e. The Bertz CT molecular complexity index is 161. The van der Waals surface area contributed by atoms with E-state index in [0.29, 0.717) is 0 Å². The molecule has 0 aromatic heterocycles. The molecule has 1 heterocycles. The molecule has 2 nitrogen and oxygen atoms in total. The van der Waals surface area contributed by atoms with Crippen molar-refractivity contribution in [2.24, 2.45) is 0 Å². The molecule has 0 saturated heterocycles. The third-order valence-electron chi connectivity index (χ3n) is 2.52. The number of hydrogen-bond donors (Lipinski definition) is 1. The first-order valence-electron chi connectivity index (χ1n) is 4.08. The van der Waals surface area contributed by atoms with Gasteiger partial charge in [0.15, 0.2) is 0 Å². The number of likely N-dealkylation sites (N-methyl/N-ethyl adjacent to an activating group) is 2. The number of nitrogens with zero attached hydrogens (tertiary/aromatic N) is 1. The lowest BCUT2D eigenvalue weighted by atomic mass is 10.3. The van der Waals surface area contributed by atoms with E-state index in [0.717, 1.165) is 6.04 Å². The molecule has 0 fully saturated rings. The fourth-order valence-corrected chi connectivity index (χ4v) is 1.82. The highest BCUT2D eigenvalue weighted by molar-refractivity contribution is 5.68. The first kappa shape index (κ1) is 7.73. The zero-order chi connectivity index (χ0) is 7.72. The van der Waals surface area contributed by atoms with Gasteiger partial charge in [-0.25, -0.2) is 4.90 Å². The summed E-state index contributed by atoms with van der Waals surface area (Å²) in [6.07, 6.45) is 1.19. The van der Waals surface area contributed by atoms with Crippen LogP contribution in [0.2, 0.25) is 0 Å². The number of hydrogen-bond acceptors (Lipinski definition) is 0. The summed E-state index contributed by atoms with van der Waals surface area (Å²) in [6, 6.07) is 0.731. The van der Waals surface area contributed by atoms with Gasteiger partial charge in [0.05, 0.1) is 13.5 Å². The van der Waals surface area contributed by atoms with Gasteiger partial charge in [-0.15, -0.1) is 0 Å². The highest BCUT2D eigenvalue weighted by Gasteiger charge is 2.34. The van der Waals surface area contributed by atoms with Crippen molar-refractivity contribution in [1.29, 1.82) is 0 Å². The Balaban J connectivity index is 2.79. The number of nitrogens with one attached hydrogen (secondary N) is 1. The predicted molar refractivity (Wildman–Crippen MR) is 42.7 cm³/mol. The first-order chi connectivity index (χ1) is 4.66. The summed E-state index contributed by atoms with van der Waals surface area (Å²) >= 11 is 0. The van der Waals surface area contributed by atoms with E-state index in [1.807, 2.05) is 0 Å². The van der Waals surface area contributed by atoms with Gasteiger partial charge in [0.25, 0.3) is 0 Å². The van der Waals surface area contributed by atoms with E-state index in [4.69, 9.17) is 0 Å². The van der Waals surface area contributed by atoms with Gasteiger partial charge < -0.3 is 0 Å². The van der Waals surface area contributed by atoms with E-state index in [2.05, 4.69) is 32.5 Å². The molecule has 1 aliphatic heterocycles. The van der Waals surface area contributed by atoms with Crippen molar-refractivity contribution in [3.05, 3.63) is 0 Å². The first-order valence-corrected chi connectivity index (χ1v) is 4.08. The number of rotatable bonds is 1. The molecule has 0 saturated carbocycles. The van der Waals surface area contributed by atoms with Crippen molar-refractivity contribution in [2.75, 3.05) is 20.6 Å². The minimum atomic E-state index is 0.731. The molecule has 2 atom stereocenters. The van der Waals surface area contributed by atoms with Crippen molar-refractivity contribution in [1.82, 2.24) is 0 Å². The van der Waals surface area contributed by atoms with Gasteiger partial charge in [-0.3, -0.25) is 0 Å². The molecule has 2 heteroatoms. The molecule has 0 radical (unpaired) electrons. The fourth-order valence-electron chi connectivity index (χ4n) is 1.82. The van der Waals surface area contributed by atoms with Crippen LogP contribution in [0.1, 0.15) is 20.3 Å². The Kier molecular flexibility index (Phi) is 2.09. The topological polar surface area (TPSA) is 7.45 Å². The third kappa shape index (κ3) is 1.08. The molecule has 0 aliphatic carbocycles. The average Bonchev–Trinajstić information content (AvgIpc) is 2.09. The van der Waals surface area contributed by atoms with Crippen LogP contribution in [0.25, 0.3) is 0 Å². The molecule has 1 rings (SSSR count). The Morgan fingerprint density at radius 3 is 2.50 bits per heavy atom. The van der Waals surface area contributed by atoms with Crippen LogP contribution in [0.4, 0.5) is 0 Å². The predicted octanol–water partition coefficient (Wildman–Crippen LogP) is -0.646. The summed E-state index contributed by atoms with van der Waals surface area (Å²) in [5, 5.41) is 0. The smallest absolute Gasteiger partial charge is 0.248 e. The maximum absolute atomic E-state index is 2.40. The van der Waals surface area contributed by atoms with E-state index < -0.39 is 0 Å². The molecule has 2 unspecified atom stereocenters. The summed E-state index contributed by atoms with van der Waals surface area (Å²) in [5.74, 6) is 1.55. The SMILES string of the molecule is CCC1=[N+](C)C(C)C[NH+]1C. The van der Waals surface area contributed by atoms with Crippen LogP contribution in [0, 0.1) is 0 Å². The molecular formula is C8H18N2+2. The highest BCUT2D eigenvalue weighted by atomic mass is 15.3. The Morgan fingerprint density at radius 2 is 2.30 bits per heavy atom. The largest absolute Gasteiger partial charge is 0.336 e. The molecular weight excluding hydrogens is 124 g/mol. The zero-order valence-electron chi connectivity index (χ0n) is 7.44. The van der Waals surface area contributed by atoms with E-state index in [1.54, 1.807) is 10.7 Å². The Labute approximate surface area is 63.2 Å². The minimum absolute atomic E-state index is 0.731. The highest BCUT2D eigenvalue weighted by Crippen LogP contribution is 1.91. The Morgan fingerprint density at radius 1 is 1.70 bits per heavy atom. The molecule has 0 spiro atoms. The van der Waals surface area contributed by atoms with Crippen LogP contribution in [-0.2, 0) is 0 Å². The van der Waals surface area contributed by atoms with Crippen molar-refractivity contribution in [3.8, 4) is 0 Å². The second kappa shape index (κ2) is 2.70. The molecule has 0 bridgehead atoms. The summed E-state index contributed by atoms with van der Waals surface area (Å²) in [5.41, 5.74) is 0. The lowest BCUT2D eigenvalue weighted by Gasteiger charge is -1.98. The van der Waals surface area contributed by atoms with Gasteiger partial charge in [-0.1, -0.05) is 0 Å². The van der Waals surface area contributed by atoms with Crippen LogP contribution >= 0.6 is 0 Å². The number of amidine groups is 1. The lowest BCUT2D eigenvalue weighted by molar-refractivity contribution is -0.780. The normalized spacial score (nSPS) is 33.6. The molecule has 0 amide bonds. The van der Waals surface area contributed by atoms with Crippen LogP contribution in [0.3, 0.4) is 0 Å². The molecule has 0 aromatic rings. The average molecular weight is 142 g/mol. The van der Waals surface area contributed by atoms with Gasteiger partial charge in [0, 0.05) is 6.92 Å². The maximum atomic E-state index is 2.40. The molecule has 0 aromatic carbocycles. The van der Waals surface area contributed by atoms with Crippen molar-refractivity contribution < 1.29 is 9.48 Å². The minimum Gasteiger partial charge on any atom is -0.248 e. The van der Waals surface area contributed by atoms with Crippen LogP contribution in [0.5, 0.6) is 0 Å². The molecule has 10 heavy (non-hydrogen) atoms. The van der Waals surface area contributed by atoms with Gasteiger partial charge >= 0.3 is 5.84 Å². The standard InChI is InChI=1S/C8H17N2/c1-5-8-9(3)6-7(2)10(8)4/h7H,5-6H2,1-4H3/q+1/p+1. The van der Waals surface area contributed by atoms with Crippen molar-refractivity contribution in [3.63, 3.8) is 0 Å².